The second-order valence-electron chi connectivity index (χ2n) is 4.89. The Balaban J connectivity index is 2.40. The van der Waals surface area contributed by atoms with Crippen molar-refractivity contribution in [1.82, 2.24) is 4.98 Å². The topological polar surface area (TPSA) is 30.0 Å². The summed E-state index contributed by atoms with van der Waals surface area (Å²) >= 11 is 1.17. The van der Waals surface area contributed by atoms with E-state index < -0.39 is 11.7 Å². The van der Waals surface area contributed by atoms with Gasteiger partial charge in [-0.15, -0.1) is 11.3 Å². The summed E-state index contributed by atoms with van der Waals surface area (Å²) in [5.41, 5.74) is 1.60. The van der Waals surface area contributed by atoms with E-state index >= 15 is 0 Å². The first-order valence-corrected chi connectivity index (χ1v) is 7.01. The maximum atomic E-state index is 12.8. The fraction of sp³-hybridized carbons (Fsp3) is 0.200. The van der Waals surface area contributed by atoms with Crippen LogP contribution in [0.15, 0.2) is 29.1 Å². The summed E-state index contributed by atoms with van der Waals surface area (Å²) in [5, 5.41) is 0. The van der Waals surface area contributed by atoms with Gasteiger partial charge in [0.15, 0.2) is 5.43 Å². The Kier molecular flexibility index (Phi) is 3.02. The summed E-state index contributed by atoms with van der Waals surface area (Å²) < 4.78 is 38.7. The summed E-state index contributed by atoms with van der Waals surface area (Å²) in [6, 6.07) is 4.98. The minimum Gasteiger partial charge on any atom is -0.290 e. The lowest BCUT2D eigenvalue weighted by molar-refractivity contribution is -0.137. The first-order valence-electron chi connectivity index (χ1n) is 6.19. The number of hydrogen-bond donors (Lipinski definition) is 0. The average Bonchev–Trinajstić information content (AvgIpc) is 2.42. The van der Waals surface area contributed by atoms with Crippen molar-refractivity contribution in [1.29, 1.82) is 0 Å². The lowest BCUT2D eigenvalue weighted by atomic mass is 10.1. The van der Waals surface area contributed by atoms with Gasteiger partial charge in [0, 0.05) is 5.56 Å². The molecule has 1 aromatic carbocycles. The summed E-state index contributed by atoms with van der Waals surface area (Å²) in [4.78, 5) is 16.9. The fourth-order valence-corrected chi connectivity index (χ4v) is 3.38. The number of fused-ring (bicyclic) bond motifs is 2. The summed E-state index contributed by atoms with van der Waals surface area (Å²) in [5.74, 6) is 0. The van der Waals surface area contributed by atoms with Gasteiger partial charge in [0.1, 0.15) is 0 Å². The van der Waals surface area contributed by atoms with Crippen LogP contribution in [0.25, 0.3) is 20.8 Å². The van der Waals surface area contributed by atoms with E-state index in [1.54, 1.807) is 13.8 Å². The second kappa shape index (κ2) is 4.53. The van der Waals surface area contributed by atoms with Crippen molar-refractivity contribution in [3.05, 3.63) is 51.2 Å². The van der Waals surface area contributed by atoms with Crippen molar-refractivity contribution < 1.29 is 13.2 Å². The van der Waals surface area contributed by atoms with Crippen LogP contribution in [-0.4, -0.2) is 4.98 Å². The number of aromatic nitrogens is 1. The number of aryl methyl sites for hydroxylation is 1. The van der Waals surface area contributed by atoms with Crippen molar-refractivity contribution in [2.24, 2.45) is 0 Å². The molecule has 1 aliphatic carbocycles. The van der Waals surface area contributed by atoms with E-state index in [1.165, 1.54) is 23.5 Å². The molecule has 2 nitrogen and oxygen atoms in total. The van der Waals surface area contributed by atoms with Crippen molar-refractivity contribution in [3.8, 4) is 10.6 Å². The molecule has 0 saturated carbocycles. The number of rotatable bonds is 0. The third kappa shape index (κ3) is 2.29. The standard InChI is InChI=1S/C15H10F3NOS/c1-7-5-11(20)8(2)14-13(7)19-10-4-3-9(15(16,17)18)6-12(10)21-14/h3-6H,1-2H3. The lowest BCUT2D eigenvalue weighted by Gasteiger charge is -2.12. The zero-order chi connectivity index (χ0) is 15.4. The van der Waals surface area contributed by atoms with Crippen LogP contribution in [-0.2, 0) is 6.18 Å². The van der Waals surface area contributed by atoms with Crippen LogP contribution in [0.5, 0.6) is 0 Å². The van der Waals surface area contributed by atoms with Crippen molar-refractivity contribution >= 4 is 21.6 Å². The van der Waals surface area contributed by atoms with Crippen LogP contribution in [0.3, 0.4) is 0 Å². The maximum absolute atomic E-state index is 12.8. The Morgan fingerprint density at radius 3 is 2.52 bits per heavy atom. The fourth-order valence-electron chi connectivity index (χ4n) is 2.20. The number of halogens is 3. The lowest BCUT2D eigenvalue weighted by Crippen LogP contribution is -2.08. The molecule has 0 N–H and O–H groups in total. The minimum absolute atomic E-state index is 0.121. The molecule has 0 radical (unpaired) electrons. The molecule has 0 aromatic heterocycles. The van der Waals surface area contributed by atoms with Gasteiger partial charge in [-0.05, 0) is 43.7 Å². The highest BCUT2D eigenvalue weighted by atomic mass is 32.1. The molecule has 0 saturated heterocycles. The molecule has 0 amide bonds. The normalized spacial score (nSPS) is 12.2. The van der Waals surface area contributed by atoms with E-state index in [0.29, 0.717) is 26.4 Å². The molecule has 108 valence electrons. The molecule has 0 fully saturated rings. The SMILES string of the molecule is Cc1cc(=O)c(C)c2sc3cc(C(F)(F)F)ccc3nc1-2. The third-order valence-corrected chi connectivity index (χ3v) is 4.63. The highest BCUT2D eigenvalue weighted by molar-refractivity contribution is 7.21. The Morgan fingerprint density at radius 1 is 1.14 bits per heavy atom. The predicted molar refractivity (Wildman–Crippen MR) is 77.0 cm³/mol. The van der Waals surface area contributed by atoms with Gasteiger partial charge in [0.05, 0.1) is 26.4 Å². The molecule has 2 aliphatic rings. The zero-order valence-electron chi connectivity index (χ0n) is 11.2. The molecule has 3 rings (SSSR count). The molecule has 21 heavy (non-hydrogen) atoms. The van der Waals surface area contributed by atoms with Crippen molar-refractivity contribution in [2.75, 3.05) is 0 Å². The van der Waals surface area contributed by atoms with Gasteiger partial charge in [-0.3, -0.25) is 4.79 Å². The van der Waals surface area contributed by atoms with E-state index in [9.17, 15) is 18.0 Å². The van der Waals surface area contributed by atoms with Gasteiger partial charge >= 0.3 is 6.18 Å². The molecular formula is C15H10F3NOS. The van der Waals surface area contributed by atoms with E-state index in [1.807, 2.05) is 0 Å². The largest absolute Gasteiger partial charge is 0.416 e. The summed E-state index contributed by atoms with van der Waals surface area (Å²) in [7, 11) is 0. The van der Waals surface area contributed by atoms with Crippen LogP contribution < -0.4 is 5.43 Å². The van der Waals surface area contributed by atoms with Gasteiger partial charge in [0.25, 0.3) is 0 Å². The number of nitrogens with zero attached hydrogens (tertiary/aromatic N) is 1. The van der Waals surface area contributed by atoms with E-state index in [4.69, 9.17) is 0 Å². The first kappa shape index (κ1) is 14.0. The van der Waals surface area contributed by atoms with Crippen molar-refractivity contribution in [3.63, 3.8) is 0 Å². The van der Waals surface area contributed by atoms with Crippen LogP contribution >= 0.6 is 11.3 Å². The van der Waals surface area contributed by atoms with E-state index in [2.05, 4.69) is 4.98 Å². The van der Waals surface area contributed by atoms with Gasteiger partial charge in [-0.2, -0.15) is 13.2 Å². The Hall–Kier alpha value is -1.95. The first-order chi connectivity index (χ1) is 9.77. The van der Waals surface area contributed by atoms with Crippen LogP contribution in [0, 0.1) is 13.8 Å². The minimum atomic E-state index is -4.39. The van der Waals surface area contributed by atoms with Crippen LogP contribution in [0.4, 0.5) is 13.2 Å². The number of hydrogen-bond acceptors (Lipinski definition) is 3. The van der Waals surface area contributed by atoms with Crippen LogP contribution in [0.1, 0.15) is 16.7 Å². The Morgan fingerprint density at radius 2 is 1.86 bits per heavy atom. The monoisotopic (exact) mass is 309 g/mol. The maximum Gasteiger partial charge on any atom is 0.416 e. The number of benzene rings is 2. The van der Waals surface area contributed by atoms with Gasteiger partial charge in [0.2, 0.25) is 0 Å². The Labute approximate surface area is 122 Å². The van der Waals surface area contributed by atoms with Crippen molar-refractivity contribution in [2.45, 2.75) is 20.0 Å². The zero-order valence-corrected chi connectivity index (χ0v) is 12.0. The summed E-state index contributed by atoms with van der Waals surface area (Å²) in [6.07, 6.45) is -4.39. The molecule has 0 atom stereocenters. The summed E-state index contributed by atoms with van der Waals surface area (Å²) in [6.45, 7) is 3.44. The highest BCUT2D eigenvalue weighted by Gasteiger charge is 2.30. The Bertz CT molecular complexity index is 883. The molecule has 0 bridgehead atoms. The van der Waals surface area contributed by atoms with Gasteiger partial charge in [-0.1, -0.05) is 0 Å². The average molecular weight is 309 g/mol. The van der Waals surface area contributed by atoms with E-state index in [0.717, 1.165) is 17.7 Å². The molecule has 0 spiro atoms. The molecule has 1 aliphatic heterocycles. The third-order valence-electron chi connectivity index (χ3n) is 3.38. The molecule has 0 unspecified atom stereocenters. The molecular weight excluding hydrogens is 299 g/mol. The quantitative estimate of drug-likeness (QED) is 0.576. The van der Waals surface area contributed by atoms with E-state index in [-0.39, 0.29) is 5.43 Å². The smallest absolute Gasteiger partial charge is 0.290 e. The van der Waals surface area contributed by atoms with Gasteiger partial charge < -0.3 is 0 Å². The van der Waals surface area contributed by atoms with Gasteiger partial charge in [-0.25, -0.2) is 4.98 Å². The second-order valence-corrected chi connectivity index (χ2v) is 5.94. The number of alkyl halides is 3. The molecule has 1 heterocycles. The predicted octanol–water partition coefficient (Wildman–Crippen LogP) is 4.40. The molecule has 6 heteroatoms. The van der Waals surface area contributed by atoms with Crippen LogP contribution in [0.2, 0.25) is 0 Å². The molecule has 1 aromatic rings. The highest BCUT2D eigenvalue weighted by Crippen LogP contribution is 2.37.